The minimum absolute atomic E-state index is 0.152. The minimum Gasteiger partial charge on any atom is -0.346 e. The van der Waals surface area contributed by atoms with E-state index in [0.29, 0.717) is 23.7 Å². The summed E-state index contributed by atoms with van der Waals surface area (Å²) in [6.07, 6.45) is 5.12. The highest BCUT2D eigenvalue weighted by Gasteiger charge is 2.69. The van der Waals surface area contributed by atoms with Gasteiger partial charge in [-0.25, -0.2) is 9.78 Å². The van der Waals surface area contributed by atoms with Gasteiger partial charge in [-0.05, 0) is 55.9 Å². The van der Waals surface area contributed by atoms with Crippen molar-refractivity contribution in [2.45, 2.75) is 76.7 Å². The van der Waals surface area contributed by atoms with E-state index in [-0.39, 0.29) is 12.4 Å². The summed E-state index contributed by atoms with van der Waals surface area (Å²) in [6, 6.07) is 10.6. The summed E-state index contributed by atoms with van der Waals surface area (Å²) in [5.41, 5.74) is 0.878. The second-order valence-corrected chi connectivity index (χ2v) is 9.13. The van der Waals surface area contributed by atoms with Crippen LogP contribution in [0.2, 0.25) is 0 Å². The van der Waals surface area contributed by atoms with Gasteiger partial charge in [-0.3, -0.25) is 0 Å². The third kappa shape index (κ3) is 2.42. The third-order valence-corrected chi connectivity index (χ3v) is 7.57. The van der Waals surface area contributed by atoms with Crippen LogP contribution in [0.15, 0.2) is 30.3 Å². The zero-order chi connectivity index (χ0) is 17.9. The maximum Gasteiger partial charge on any atom is 0.201 e. The van der Waals surface area contributed by atoms with Gasteiger partial charge in [0.05, 0.1) is 6.10 Å². The predicted molar refractivity (Wildman–Crippen MR) is 97.0 cm³/mol. The number of hydrogen-bond acceptors (Lipinski definition) is 4. The van der Waals surface area contributed by atoms with Gasteiger partial charge >= 0.3 is 0 Å². The maximum atomic E-state index is 6.63. The summed E-state index contributed by atoms with van der Waals surface area (Å²) in [6.45, 7) is 6.68. The normalized spacial score (nSPS) is 50.1. The Bertz CT molecular complexity index is 663. The number of ether oxygens (including phenoxy) is 2. The molecule has 5 aliphatic rings. The number of fused-ring (bicyclic) bond motifs is 2. The Morgan fingerprint density at radius 3 is 2.62 bits per heavy atom. The van der Waals surface area contributed by atoms with Crippen LogP contribution in [0, 0.1) is 23.7 Å². The van der Waals surface area contributed by atoms with Crippen molar-refractivity contribution >= 4 is 0 Å². The highest BCUT2D eigenvalue weighted by molar-refractivity contribution is 5.17. The molecule has 6 rings (SSSR count). The fourth-order valence-corrected chi connectivity index (χ4v) is 6.06. The van der Waals surface area contributed by atoms with Crippen molar-refractivity contribution in [1.29, 1.82) is 0 Å². The van der Waals surface area contributed by atoms with E-state index >= 15 is 0 Å². The number of rotatable bonds is 2. The molecule has 1 aliphatic carbocycles. The van der Waals surface area contributed by atoms with Crippen LogP contribution < -0.4 is 0 Å². The lowest BCUT2D eigenvalue weighted by atomic mass is 9.57. The molecule has 4 nitrogen and oxygen atoms in total. The monoisotopic (exact) mass is 358 g/mol. The van der Waals surface area contributed by atoms with Crippen molar-refractivity contribution < 1.29 is 19.2 Å². The number of benzene rings is 1. The first-order chi connectivity index (χ1) is 12.5. The average molecular weight is 358 g/mol. The molecule has 1 saturated carbocycles. The van der Waals surface area contributed by atoms with Gasteiger partial charge in [-0.2, -0.15) is 0 Å². The highest BCUT2D eigenvalue weighted by atomic mass is 17.3. The van der Waals surface area contributed by atoms with E-state index in [4.69, 9.17) is 19.2 Å². The molecule has 0 aromatic heterocycles. The van der Waals surface area contributed by atoms with Crippen LogP contribution in [-0.4, -0.2) is 23.8 Å². The molecule has 4 heterocycles. The lowest BCUT2D eigenvalue weighted by Crippen LogP contribution is -2.70. The standard InChI is InChI=1S/C22H30O4/c1-14-9-10-18-15(2)19(13-16-7-5-4-6-8-16)23-20-22(18)17(14)11-12-21(3,24-20)25-26-22/h4-8,14-15,17-20H,9-13H2,1-3H3/t14-,15-,17+,18+,19-,20-,21-,22-/m1/s1. The average Bonchev–Trinajstić information content (AvgIpc) is 2.86. The van der Waals surface area contributed by atoms with Crippen molar-refractivity contribution in [1.82, 2.24) is 0 Å². The van der Waals surface area contributed by atoms with Crippen LogP contribution >= 0.6 is 0 Å². The largest absolute Gasteiger partial charge is 0.346 e. The Kier molecular flexibility index (Phi) is 3.98. The summed E-state index contributed by atoms with van der Waals surface area (Å²) < 4.78 is 13.1. The maximum absolute atomic E-state index is 6.63. The first-order valence-corrected chi connectivity index (χ1v) is 10.3. The quantitative estimate of drug-likeness (QED) is 0.731. The minimum atomic E-state index is -0.685. The molecule has 1 aromatic carbocycles. The molecule has 8 atom stereocenters. The van der Waals surface area contributed by atoms with E-state index in [9.17, 15) is 0 Å². The molecule has 142 valence electrons. The molecule has 0 unspecified atom stereocenters. The molecule has 4 heteroatoms. The van der Waals surface area contributed by atoms with E-state index in [1.54, 1.807) is 0 Å². The second kappa shape index (κ2) is 6.03. The molecular weight excluding hydrogens is 328 g/mol. The Balaban J connectivity index is 1.50. The van der Waals surface area contributed by atoms with Crippen molar-refractivity contribution in [2.75, 3.05) is 0 Å². The van der Waals surface area contributed by atoms with Gasteiger partial charge in [-0.1, -0.05) is 44.2 Å². The predicted octanol–water partition coefficient (Wildman–Crippen LogP) is 4.48. The van der Waals surface area contributed by atoms with Crippen molar-refractivity contribution in [3.63, 3.8) is 0 Å². The zero-order valence-corrected chi connectivity index (χ0v) is 16.0. The van der Waals surface area contributed by atoms with Crippen LogP contribution in [0.5, 0.6) is 0 Å². The van der Waals surface area contributed by atoms with E-state index in [2.05, 4.69) is 44.2 Å². The van der Waals surface area contributed by atoms with E-state index in [1.807, 2.05) is 6.92 Å². The van der Waals surface area contributed by atoms with Gasteiger partial charge in [0.15, 0.2) is 11.9 Å². The lowest BCUT2D eigenvalue weighted by Gasteiger charge is -2.60. The molecule has 0 radical (unpaired) electrons. The van der Waals surface area contributed by atoms with Crippen LogP contribution in [0.1, 0.15) is 52.0 Å². The van der Waals surface area contributed by atoms with Gasteiger partial charge in [0.25, 0.3) is 0 Å². The summed E-state index contributed by atoms with van der Waals surface area (Å²) in [7, 11) is 0. The third-order valence-electron chi connectivity index (χ3n) is 7.57. The van der Waals surface area contributed by atoms with Gasteiger partial charge in [0, 0.05) is 12.3 Å². The fourth-order valence-electron chi connectivity index (χ4n) is 6.06. The molecule has 1 aromatic rings. The van der Waals surface area contributed by atoms with Crippen LogP contribution in [0.4, 0.5) is 0 Å². The molecule has 1 spiro atoms. The smallest absolute Gasteiger partial charge is 0.201 e. The Morgan fingerprint density at radius 2 is 1.81 bits per heavy atom. The summed E-state index contributed by atoms with van der Waals surface area (Å²) in [5.74, 6) is 1.20. The van der Waals surface area contributed by atoms with Gasteiger partial charge < -0.3 is 9.47 Å². The van der Waals surface area contributed by atoms with E-state index in [1.165, 1.54) is 12.0 Å². The molecule has 26 heavy (non-hydrogen) atoms. The zero-order valence-electron chi connectivity index (χ0n) is 16.0. The Morgan fingerprint density at radius 1 is 1.00 bits per heavy atom. The SMILES string of the molecule is C[C@H]1[C@@H](Cc2ccccc2)O[C@@H]2O[C@@]3(C)CC[C@H]4[C@H](C)CC[C@@H]1[C@@]24OO3. The Labute approximate surface area is 156 Å². The molecule has 0 amide bonds. The highest BCUT2D eigenvalue weighted by Crippen LogP contribution is 2.60. The van der Waals surface area contributed by atoms with Crippen LogP contribution in [-0.2, 0) is 25.7 Å². The first-order valence-electron chi connectivity index (χ1n) is 10.3. The van der Waals surface area contributed by atoms with Crippen LogP contribution in [0.25, 0.3) is 0 Å². The lowest BCUT2D eigenvalue weighted by molar-refractivity contribution is -0.571. The molecule has 5 fully saturated rings. The first kappa shape index (κ1) is 17.2. The van der Waals surface area contributed by atoms with Crippen LogP contribution in [0.3, 0.4) is 0 Å². The van der Waals surface area contributed by atoms with Crippen molar-refractivity contribution in [3.8, 4) is 0 Å². The molecule has 0 N–H and O–H groups in total. The molecular formula is C22H30O4. The molecule has 4 aliphatic heterocycles. The summed E-state index contributed by atoms with van der Waals surface area (Å²) >= 11 is 0. The number of hydrogen-bond donors (Lipinski definition) is 0. The summed E-state index contributed by atoms with van der Waals surface area (Å²) in [4.78, 5) is 12.1. The second-order valence-electron chi connectivity index (χ2n) is 9.13. The summed E-state index contributed by atoms with van der Waals surface area (Å²) in [5, 5.41) is 0. The van der Waals surface area contributed by atoms with E-state index in [0.717, 1.165) is 25.7 Å². The van der Waals surface area contributed by atoms with Crippen molar-refractivity contribution in [3.05, 3.63) is 35.9 Å². The van der Waals surface area contributed by atoms with Gasteiger partial charge in [0.2, 0.25) is 5.79 Å². The topological polar surface area (TPSA) is 36.9 Å². The van der Waals surface area contributed by atoms with Crippen molar-refractivity contribution in [2.24, 2.45) is 23.7 Å². The van der Waals surface area contributed by atoms with Gasteiger partial charge in [0.1, 0.15) is 0 Å². The Hall–Kier alpha value is -0.940. The molecule has 2 bridgehead atoms. The van der Waals surface area contributed by atoms with Gasteiger partial charge in [-0.15, -0.1) is 0 Å². The van der Waals surface area contributed by atoms with E-state index < -0.39 is 11.4 Å². The fraction of sp³-hybridized carbons (Fsp3) is 0.727. The molecule has 4 saturated heterocycles.